The number of nitriles is 1. The number of rotatable bonds is 5. The number of hydrogen-bond donors (Lipinski definition) is 1. The highest BCUT2D eigenvalue weighted by molar-refractivity contribution is 5.94. The average molecular weight is 429 g/mol. The summed E-state index contributed by atoms with van der Waals surface area (Å²) in [5.41, 5.74) is 2.97. The summed E-state index contributed by atoms with van der Waals surface area (Å²) in [6, 6.07) is 17.7. The van der Waals surface area contributed by atoms with Crippen LogP contribution in [-0.2, 0) is 19.7 Å². The summed E-state index contributed by atoms with van der Waals surface area (Å²) >= 11 is 0. The van der Waals surface area contributed by atoms with Crippen LogP contribution in [0.3, 0.4) is 0 Å². The quantitative estimate of drug-likeness (QED) is 0.688. The van der Waals surface area contributed by atoms with Crippen molar-refractivity contribution in [2.24, 2.45) is 17.3 Å². The Bertz CT molecular complexity index is 1080. The number of carbonyl (C=O) groups excluding carboxylic acids is 2. The zero-order valence-corrected chi connectivity index (χ0v) is 18.4. The molecule has 6 rings (SSSR count). The van der Waals surface area contributed by atoms with Gasteiger partial charge in [-0.05, 0) is 80.4 Å². The highest BCUT2D eigenvalue weighted by Gasteiger charge is 2.61. The SMILES string of the molecule is Cc1ccc(C23C[C@@H]4C[C@@H](CC(C(=O)OCC(=O)Nc5ccccc5C#N)(C4)C2)C3)cc1. The molecule has 0 heterocycles. The van der Waals surface area contributed by atoms with Crippen LogP contribution in [0.1, 0.15) is 55.2 Å². The van der Waals surface area contributed by atoms with Gasteiger partial charge in [0.15, 0.2) is 6.61 Å². The number of carbonyl (C=O) groups is 2. The smallest absolute Gasteiger partial charge is 0.312 e. The van der Waals surface area contributed by atoms with Gasteiger partial charge in [-0.25, -0.2) is 0 Å². The van der Waals surface area contributed by atoms with Crippen molar-refractivity contribution < 1.29 is 14.3 Å². The third-order valence-electron chi connectivity index (χ3n) is 7.81. The normalized spacial score (nSPS) is 29.9. The van der Waals surface area contributed by atoms with Gasteiger partial charge in [0, 0.05) is 0 Å². The van der Waals surface area contributed by atoms with E-state index < -0.39 is 11.3 Å². The largest absolute Gasteiger partial charge is 0.455 e. The molecule has 1 amide bonds. The fourth-order valence-electron chi connectivity index (χ4n) is 6.91. The van der Waals surface area contributed by atoms with Crippen molar-refractivity contribution >= 4 is 17.6 Å². The molecule has 2 aromatic carbocycles. The number of anilines is 1. The predicted molar refractivity (Wildman–Crippen MR) is 121 cm³/mol. The Hall–Kier alpha value is -3.13. The molecule has 4 saturated carbocycles. The molecule has 2 aromatic rings. The second kappa shape index (κ2) is 7.78. The summed E-state index contributed by atoms with van der Waals surface area (Å²) in [6.45, 7) is 1.77. The second-order valence-corrected chi connectivity index (χ2v) is 10.2. The maximum absolute atomic E-state index is 13.3. The van der Waals surface area contributed by atoms with E-state index in [1.54, 1.807) is 24.3 Å². The molecule has 0 saturated heterocycles. The Kier molecular flexibility index (Phi) is 5.04. The predicted octanol–water partition coefficient (Wildman–Crippen LogP) is 4.89. The molecule has 2 unspecified atom stereocenters. The Morgan fingerprint density at radius 2 is 1.75 bits per heavy atom. The van der Waals surface area contributed by atoms with Gasteiger partial charge in [0.05, 0.1) is 16.7 Å². The van der Waals surface area contributed by atoms with E-state index in [1.165, 1.54) is 17.5 Å². The van der Waals surface area contributed by atoms with E-state index in [0.717, 1.165) is 32.1 Å². The Balaban J connectivity index is 1.30. The molecule has 1 N–H and O–H groups in total. The first-order valence-corrected chi connectivity index (χ1v) is 11.4. The lowest BCUT2D eigenvalue weighted by Gasteiger charge is -2.61. The molecular weight excluding hydrogens is 400 g/mol. The molecule has 4 fully saturated rings. The van der Waals surface area contributed by atoms with Gasteiger partial charge in [-0.1, -0.05) is 42.0 Å². The monoisotopic (exact) mass is 428 g/mol. The molecule has 4 bridgehead atoms. The molecule has 164 valence electrons. The van der Waals surface area contributed by atoms with Crippen LogP contribution in [0.25, 0.3) is 0 Å². The van der Waals surface area contributed by atoms with Crippen LogP contribution in [-0.4, -0.2) is 18.5 Å². The summed E-state index contributed by atoms with van der Waals surface area (Å²) < 4.78 is 5.60. The van der Waals surface area contributed by atoms with Crippen molar-refractivity contribution in [3.05, 3.63) is 65.2 Å². The van der Waals surface area contributed by atoms with Crippen LogP contribution >= 0.6 is 0 Å². The number of amides is 1. The minimum atomic E-state index is -0.486. The average Bonchev–Trinajstić information content (AvgIpc) is 2.77. The summed E-state index contributed by atoms with van der Waals surface area (Å²) in [7, 11) is 0. The minimum absolute atomic E-state index is 0.0464. The molecule has 4 atom stereocenters. The molecule has 4 aliphatic rings. The first-order chi connectivity index (χ1) is 15.4. The molecule has 0 spiro atoms. The van der Waals surface area contributed by atoms with Crippen molar-refractivity contribution in [2.75, 3.05) is 11.9 Å². The van der Waals surface area contributed by atoms with Crippen LogP contribution in [0.15, 0.2) is 48.5 Å². The van der Waals surface area contributed by atoms with Crippen LogP contribution in [0.2, 0.25) is 0 Å². The highest BCUT2D eigenvalue weighted by Crippen LogP contribution is 2.66. The molecule has 5 nitrogen and oxygen atoms in total. The van der Waals surface area contributed by atoms with Crippen LogP contribution in [0.4, 0.5) is 5.69 Å². The second-order valence-electron chi connectivity index (χ2n) is 10.2. The molecular formula is C27H28N2O3. The van der Waals surface area contributed by atoms with E-state index in [1.807, 2.05) is 0 Å². The van der Waals surface area contributed by atoms with Crippen molar-refractivity contribution in [2.45, 2.75) is 50.9 Å². The minimum Gasteiger partial charge on any atom is -0.455 e. The van der Waals surface area contributed by atoms with Crippen LogP contribution in [0, 0.1) is 35.5 Å². The van der Waals surface area contributed by atoms with Crippen molar-refractivity contribution in [3.8, 4) is 6.07 Å². The number of aryl methyl sites for hydroxylation is 1. The fourth-order valence-corrected chi connectivity index (χ4v) is 6.91. The number of nitrogens with one attached hydrogen (secondary N) is 1. The molecule has 5 heteroatoms. The zero-order chi connectivity index (χ0) is 22.3. The van der Waals surface area contributed by atoms with Crippen LogP contribution in [0.5, 0.6) is 0 Å². The number of hydrogen-bond acceptors (Lipinski definition) is 4. The molecule has 4 aliphatic carbocycles. The van der Waals surface area contributed by atoms with Crippen LogP contribution < -0.4 is 5.32 Å². The number of benzene rings is 2. The van der Waals surface area contributed by atoms with Crippen molar-refractivity contribution in [1.82, 2.24) is 0 Å². The van der Waals surface area contributed by atoms with Gasteiger partial charge in [0.2, 0.25) is 0 Å². The number of ether oxygens (including phenoxy) is 1. The summed E-state index contributed by atoms with van der Waals surface area (Å²) in [6.07, 6.45) is 6.05. The number of para-hydroxylation sites is 1. The van der Waals surface area contributed by atoms with E-state index in [4.69, 9.17) is 4.74 Å². The van der Waals surface area contributed by atoms with Gasteiger partial charge in [-0.3, -0.25) is 9.59 Å². The highest BCUT2D eigenvalue weighted by atomic mass is 16.5. The lowest BCUT2D eigenvalue weighted by Crippen LogP contribution is -2.57. The van der Waals surface area contributed by atoms with Crippen molar-refractivity contribution in [3.63, 3.8) is 0 Å². The molecule has 0 radical (unpaired) electrons. The van der Waals surface area contributed by atoms with Gasteiger partial charge in [0.25, 0.3) is 5.91 Å². The Labute approximate surface area is 188 Å². The zero-order valence-electron chi connectivity index (χ0n) is 18.4. The third kappa shape index (κ3) is 3.58. The van der Waals surface area contributed by atoms with Gasteiger partial charge in [-0.2, -0.15) is 5.26 Å². The molecule has 0 aromatic heterocycles. The number of nitrogens with zero attached hydrogens (tertiary/aromatic N) is 1. The first-order valence-electron chi connectivity index (χ1n) is 11.4. The van der Waals surface area contributed by atoms with E-state index in [9.17, 15) is 14.9 Å². The van der Waals surface area contributed by atoms with Gasteiger partial charge in [0.1, 0.15) is 6.07 Å². The maximum atomic E-state index is 13.3. The summed E-state index contributed by atoms with van der Waals surface area (Å²) in [5.74, 6) is 0.439. The van der Waals surface area contributed by atoms with E-state index in [-0.39, 0.29) is 18.0 Å². The summed E-state index contributed by atoms with van der Waals surface area (Å²) in [5, 5.41) is 11.9. The van der Waals surface area contributed by atoms with Gasteiger partial charge in [-0.15, -0.1) is 0 Å². The Morgan fingerprint density at radius 3 is 2.44 bits per heavy atom. The van der Waals surface area contributed by atoms with E-state index in [0.29, 0.717) is 23.1 Å². The van der Waals surface area contributed by atoms with E-state index >= 15 is 0 Å². The lowest BCUT2D eigenvalue weighted by molar-refractivity contribution is -0.175. The first kappa shape index (κ1) is 20.8. The molecule has 32 heavy (non-hydrogen) atoms. The van der Waals surface area contributed by atoms with Gasteiger partial charge < -0.3 is 10.1 Å². The fraction of sp³-hybridized carbons (Fsp3) is 0.444. The maximum Gasteiger partial charge on any atom is 0.312 e. The standard InChI is InChI=1S/C27H28N2O3/c1-18-6-8-22(9-7-18)26-11-19-10-20(12-26)14-27(13-19,17-26)25(31)32-16-24(30)29-23-5-3-2-4-21(23)15-28/h2-9,19-20H,10-14,16-17H2,1H3,(H,29,30)/t19-,20+,26?,27?. The van der Waals surface area contributed by atoms with Crippen molar-refractivity contribution in [1.29, 1.82) is 5.26 Å². The van der Waals surface area contributed by atoms with Gasteiger partial charge >= 0.3 is 5.97 Å². The topological polar surface area (TPSA) is 79.2 Å². The Morgan fingerprint density at radius 1 is 1.06 bits per heavy atom. The third-order valence-corrected chi connectivity index (χ3v) is 7.81. The van der Waals surface area contributed by atoms with E-state index in [2.05, 4.69) is 42.6 Å². The molecule has 0 aliphatic heterocycles. The lowest BCUT2D eigenvalue weighted by atomic mass is 9.43. The number of esters is 1. The summed E-state index contributed by atoms with van der Waals surface area (Å²) in [4.78, 5) is 25.8.